The highest BCUT2D eigenvalue weighted by molar-refractivity contribution is 7.89. The van der Waals surface area contributed by atoms with E-state index in [2.05, 4.69) is 15.4 Å². The van der Waals surface area contributed by atoms with Crippen molar-refractivity contribution in [2.45, 2.75) is 55.6 Å². The van der Waals surface area contributed by atoms with Gasteiger partial charge in [-0.25, -0.2) is 8.42 Å². The fourth-order valence-corrected chi connectivity index (χ4v) is 4.34. The molecule has 2 amide bonds. The third-order valence-corrected chi connectivity index (χ3v) is 6.32. The van der Waals surface area contributed by atoms with Crippen molar-refractivity contribution in [3.8, 4) is 0 Å². The summed E-state index contributed by atoms with van der Waals surface area (Å²) in [6.45, 7) is -0.431. The van der Waals surface area contributed by atoms with Gasteiger partial charge in [0.25, 0.3) is 0 Å². The number of carbonyl (C=O) groups is 3. The molecule has 4 N–H and O–H groups in total. The topological polar surface area (TPSA) is 151 Å². The van der Waals surface area contributed by atoms with Gasteiger partial charge in [-0.1, -0.05) is 37.5 Å². The Bertz CT molecular complexity index is 840. The lowest BCUT2D eigenvalue weighted by molar-refractivity contribution is -0.139. The fourth-order valence-electron chi connectivity index (χ4n) is 3.13. The van der Waals surface area contributed by atoms with Gasteiger partial charge in [0.1, 0.15) is 12.6 Å². The molecule has 0 aliphatic heterocycles. The second kappa shape index (κ2) is 12.4. The van der Waals surface area contributed by atoms with E-state index in [1.54, 1.807) is 6.07 Å². The van der Waals surface area contributed by atoms with Gasteiger partial charge in [-0.2, -0.15) is 4.72 Å². The molecule has 172 valence electrons. The van der Waals surface area contributed by atoms with Gasteiger partial charge < -0.3 is 20.5 Å². The van der Waals surface area contributed by atoms with Crippen LogP contribution in [0.15, 0.2) is 35.2 Å². The second-order valence-corrected chi connectivity index (χ2v) is 9.01. The number of carboxylic acids is 1. The molecule has 1 aromatic carbocycles. The molecule has 1 atom stereocenters. The number of carboxylic acid groups (broad SMARTS) is 1. The van der Waals surface area contributed by atoms with Crippen molar-refractivity contribution in [1.82, 2.24) is 15.4 Å². The summed E-state index contributed by atoms with van der Waals surface area (Å²) >= 11 is 0. The monoisotopic (exact) mass is 455 g/mol. The summed E-state index contributed by atoms with van der Waals surface area (Å²) in [5.74, 6) is -2.26. The van der Waals surface area contributed by atoms with Gasteiger partial charge in [-0.05, 0) is 25.0 Å². The van der Waals surface area contributed by atoms with Gasteiger partial charge in [0.15, 0.2) is 0 Å². The molecule has 0 aromatic heterocycles. The zero-order valence-electron chi connectivity index (χ0n) is 17.2. The predicted octanol–water partition coefficient (Wildman–Crippen LogP) is 0.390. The minimum atomic E-state index is -4.05. The molecule has 1 aliphatic rings. The first-order chi connectivity index (χ1) is 14.8. The molecule has 1 unspecified atom stereocenters. The highest BCUT2D eigenvalue weighted by Gasteiger charge is 2.25. The van der Waals surface area contributed by atoms with Crippen molar-refractivity contribution in [3.05, 3.63) is 30.3 Å². The van der Waals surface area contributed by atoms with Gasteiger partial charge in [0.2, 0.25) is 21.8 Å². The number of hydrogen-bond acceptors (Lipinski definition) is 6. The molecule has 11 heteroatoms. The predicted molar refractivity (Wildman–Crippen MR) is 112 cm³/mol. The van der Waals surface area contributed by atoms with E-state index in [9.17, 15) is 27.9 Å². The Labute approximate surface area is 181 Å². The van der Waals surface area contributed by atoms with Gasteiger partial charge in [0.05, 0.1) is 11.0 Å². The van der Waals surface area contributed by atoms with Crippen LogP contribution in [0, 0.1) is 0 Å². The maximum Gasteiger partial charge on any atom is 0.323 e. The minimum absolute atomic E-state index is 0.0609. The largest absolute Gasteiger partial charge is 0.480 e. The van der Waals surface area contributed by atoms with Crippen molar-refractivity contribution in [2.24, 2.45) is 0 Å². The Hall–Kier alpha value is -2.50. The number of nitrogens with one attached hydrogen (secondary N) is 3. The summed E-state index contributed by atoms with van der Waals surface area (Å²) < 4.78 is 32.1. The average molecular weight is 456 g/mol. The number of rotatable bonds is 12. The molecule has 2 rings (SSSR count). The van der Waals surface area contributed by atoms with E-state index in [-0.39, 0.29) is 36.5 Å². The smallest absolute Gasteiger partial charge is 0.323 e. The van der Waals surface area contributed by atoms with E-state index >= 15 is 0 Å². The Morgan fingerprint density at radius 3 is 2.35 bits per heavy atom. The van der Waals surface area contributed by atoms with Crippen LogP contribution in [0.25, 0.3) is 0 Å². The summed E-state index contributed by atoms with van der Waals surface area (Å²) in [6.07, 6.45) is 5.33. The molecule has 0 heterocycles. The molecule has 31 heavy (non-hydrogen) atoms. The number of aliphatic carboxylic acids is 1. The molecule has 1 fully saturated rings. The van der Waals surface area contributed by atoms with E-state index in [0.717, 1.165) is 25.7 Å². The zero-order valence-corrected chi connectivity index (χ0v) is 18.0. The lowest BCUT2D eigenvalue weighted by atomic mass is 9.98. The first kappa shape index (κ1) is 24.8. The van der Waals surface area contributed by atoms with Crippen molar-refractivity contribution >= 4 is 27.8 Å². The van der Waals surface area contributed by atoms with Crippen molar-refractivity contribution in [2.75, 3.05) is 19.7 Å². The van der Waals surface area contributed by atoms with E-state index in [4.69, 9.17) is 4.74 Å². The van der Waals surface area contributed by atoms with Crippen LogP contribution in [0.4, 0.5) is 0 Å². The van der Waals surface area contributed by atoms with E-state index in [1.807, 2.05) is 0 Å². The lowest BCUT2D eigenvalue weighted by Gasteiger charge is -2.21. The number of ether oxygens (including phenoxy) is 1. The molecular weight excluding hydrogens is 426 g/mol. The van der Waals surface area contributed by atoms with E-state index in [1.165, 1.54) is 30.7 Å². The van der Waals surface area contributed by atoms with Crippen molar-refractivity contribution in [3.63, 3.8) is 0 Å². The third-order valence-electron chi connectivity index (χ3n) is 4.83. The van der Waals surface area contributed by atoms with Gasteiger partial charge in [0, 0.05) is 19.5 Å². The Balaban J connectivity index is 1.69. The number of carbonyl (C=O) groups excluding carboxylic acids is 2. The van der Waals surface area contributed by atoms with Gasteiger partial charge in [-0.15, -0.1) is 0 Å². The maximum atomic E-state index is 12.3. The molecule has 1 saturated carbocycles. The molecule has 10 nitrogen and oxygen atoms in total. The Morgan fingerprint density at radius 2 is 1.71 bits per heavy atom. The van der Waals surface area contributed by atoms with E-state index in [0.29, 0.717) is 0 Å². The van der Waals surface area contributed by atoms with Crippen LogP contribution in [-0.2, 0) is 29.1 Å². The van der Waals surface area contributed by atoms with E-state index < -0.39 is 34.5 Å². The molecular formula is C20H29N3O7S. The molecule has 0 saturated heterocycles. The van der Waals surface area contributed by atoms with Crippen LogP contribution >= 0.6 is 0 Å². The molecule has 1 aromatic rings. The van der Waals surface area contributed by atoms with Crippen LogP contribution in [0.2, 0.25) is 0 Å². The SMILES string of the molecule is O=C(CCNC(=O)COC1CCCCC1)NCC(NS(=O)(=O)c1ccccc1)C(=O)O. The first-order valence-electron chi connectivity index (χ1n) is 10.2. The number of benzene rings is 1. The Kier molecular flexibility index (Phi) is 9.89. The Morgan fingerprint density at radius 1 is 1.03 bits per heavy atom. The highest BCUT2D eigenvalue weighted by Crippen LogP contribution is 2.19. The second-order valence-electron chi connectivity index (χ2n) is 7.30. The summed E-state index contributed by atoms with van der Waals surface area (Å²) in [6, 6.07) is 5.80. The summed E-state index contributed by atoms with van der Waals surface area (Å²) in [5, 5.41) is 14.2. The van der Waals surface area contributed by atoms with Crippen LogP contribution in [0.3, 0.4) is 0 Å². The molecule has 1 aliphatic carbocycles. The molecule has 0 bridgehead atoms. The maximum absolute atomic E-state index is 12.3. The average Bonchev–Trinajstić information content (AvgIpc) is 2.76. The molecule has 0 radical (unpaired) electrons. The minimum Gasteiger partial charge on any atom is -0.480 e. The van der Waals surface area contributed by atoms with Crippen molar-refractivity contribution in [1.29, 1.82) is 0 Å². The van der Waals surface area contributed by atoms with Crippen LogP contribution in [0.1, 0.15) is 38.5 Å². The van der Waals surface area contributed by atoms with Crippen molar-refractivity contribution < 1.29 is 32.6 Å². The number of amides is 2. The molecule has 0 spiro atoms. The van der Waals surface area contributed by atoms with Gasteiger partial charge >= 0.3 is 5.97 Å². The number of sulfonamides is 1. The highest BCUT2D eigenvalue weighted by atomic mass is 32.2. The van der Waals surface area contributed by atoms with Crippen LogP contribution in [0.5, 0.6) is 0 Å². The normalized spacial score (nSPS) is 15.7. The van der Waals surface area contributed by atoms with Crippen LogP contribution in [-0.4, -0.2) is 63.2 Å². The number of hydrogen-bond donors (Lipinski definition) is 4. The fraction of sp³-hybridized carbons (Fsp3) is 0.550. The summed E-state index contributed by atoms with van der Waals surface area (Å²) in [4.78, 5) is 35.0. The lowest BCUT2D eigenvalue weighted by Crippen LogP contribution is -2.48. The first-order valence-corrected chi connectivity index (χ1v) is 11.7. The third kappa shape index (κ3) is 9.03. The zero-order chi connectivity index (χ0) is 22.7. The summed E-state index contributed by atoms with van der Waals surface area (Å²) in [7, 11) is -4.05. The van der Waals surface area contributed by atoms with Crippen LogP contribution < -0.4 is 15.4 Å². The van der Waals surface area contributed by atoms with Gasteiger partial charge in [-0.3, -0.25) is 14.4 Å². The quantitative estimate of drug-likeness (QED) is 0.356. The standard InChI is InChI=1S/C20H29N3O7S/c24-18(11-12-21-19(25)14-30-15-7-3-1-4-8-15)22-13-17(20(26)27)23-31(28,29)16-9-5-2-6-10-16/h2,5-6,9-10,15,17,23H,1,3-4,7-8,11-14H2,(H,21,25)(H,22,24)(H,26,27). The summed E-state index contributed by atoms with van der Waals surface area (Å²) in [5.41, 5.74) is 0.